The minimum atomic E-state index is 0.00210. The van der Waals surface area contributed by atoms with E-state index >= 15 is 0 Å². The summed E-state index contributed by atoms with van der Waals surface area (Å²) in [5.74, 6) is 1.48. The smallest absolute Gasteiger partial charge is 0.175 e. The van der Waals surface area contributed by atoms with Gasteiger partial charge in [0, 0.05) is 5.54 Å². The Morgan fingerprint density at radius 2 is 2.00 bits per heavy atom. The van der Waals surface area contributed by atoms with E-state index in [0.29, 0.717) is 0 Å². The predicted octanol–water partition coefficient (Wildman–Crippen LogP) is 2.50. The molecule has 2 N–H and O–H groups in total. The lowest BCUT2D eigenvalue weighted by Gasteiger charge is -2.15. The highest BCUT2D eigenvalue weighted by Gasteiger charge is 2.38. The van der Waals surface area contributed by atoms with Gasteiger partial charge in [0.05, 0.1) is 18.7 Å². The summed E-state index contributed by atoms with van der Waals surface area (Å²) in [5.41, 5.74) is 7.30. The lowest BCUT2D eigenvalue weighted by Crippen LogP contribution is -2.24. The van der Waals surface area contributed by atoms with Crippen molar-refractivity contribution >= 4 is 15.9 Å². The van der Waals surface area contributed by atoms with Gasteiger partial charge in [-0.3, -0.25) is 0 Å². The Morgan fingerprint density at radius 1 is 1.31 bits per heavy atom. The van der Waals surface area contributed by atoms with E-state index < -0.39 is 0 Å². The maximum absolute atomic E-state index is 6.12. The molecule has 1 aliphatic carbocycles. The monoisotopic (exact) mass is 285 g/mol. The van der Waals surface area contributed by atoms with Crippen LogP contribution < -0.4 is 15.2 Å². The molecule has 1 saturated carbocycles. The molecule has 0 unspecified atom stereocenters. The Bertz CT molecular complexity index is 402. The summed E-state index contributed by atoms with van der Waals surface area (Å²) in [6, 6.07) is 3.96. The second kappa shape index (κ2) is 4.26. The summed E-state index contributed by atoms with van der Waals surface area (Å²) in [6.45, 7) is 0. The highest BCUT2D eigenvalue weighted by molar-refractivity contribution is 9.10. The van der Waals surface area contributed by atoms with E-state index in [4.69, 9.17) is 15.2 Å². The molecule has 0 heterocycles. The Kier molecular flexibility index (Phi) is 3.13. The first kappa shape index (κ1) is 11.7. The van der Waals surface area contributed by atoms with Crippen molar-refractivity contribution in [2.75, 3.05) is 14.2 Å². The maximum atomic E-state index is 6.12. The molecule has 1 fully saturated rings. The Hall–Kier alpha value is -0.740. The highest BCUT2D eigenvalue weighted by Crippen LogP contribution is 2.42. The summed E-state index contributed by atoms with van der Waals surface area (Å²) in [6.07, 6.45) is 3.09. The van der Waals surface area contributed by atoms with Crippen LogP contribution >= 0.6 is 15.9 Å². The van der Waals surface area contributed by atoms with Crippen molar-refractivity contribution in [2.24, 2.45) is 5.73 Å². The van der Waals surface area contributed by atoms with Crippen LogP contribution in [0.5, 0.6) is 11.5 Å². The molecule has 0 atom stereocenters. The van der Waals surface area contributed by atoms with Gasteiger partial charge in [0.15, 0.2) is 11.5 Å². The van der Waals surface area contributed by atoms with Crippen LogP contribution in [0.15, 0.2) is 16.6 Å². The van der Waals surface area contributed by atoms with Crippen LogP contribution in [0.4, 0.5) is 0 Å². The average molecular weight is 286 g/mol. The number of methoxy groups -OCH3 is 2. The molecule has 0 spiro atoms. The normalized spacial score (nSPS) is 17.0. The first-order valence-electron chi connectivity index (χ1n) is 5.28. The molecule has 1 aliphatic rings. The van der Waals surface area contributed by atoms with E-state index in [1.807, 2.05) is 12.1 Å². The summed E-state index contributed by atoms with van der Waals surface area (Å²) in [4.78, 5) is 0. The van der Waals surface area contributed by atoms with Crippen LogP contribution in [0.2, 0.25) is 0 Å². The standard InChI is InChI=1S/C12H16BrNO2/c1-15-9-4-3-8(7-12(14)5-6-12)10(13)11(9)16-2/h3-4H,5-7,14H2,1-2H3. The first-order valence-corrected chi connectivity index (χ1v) is 6.07. The molecule has 0 aromatic heterocycles. The van der Waals surface area contributed by atoms with Gasteiger partial charge >= 0.3 is 0 Å². The predicted molar refractivity (Wildman–Crippen MR) is 67.1 cm³/mol. The molecule has 1 aromatic rings. The van der Waals surface area contributed by atoms with Crippen LogP contribution in [0.1, 0.15) is 18.4 Å². The van der Waals surface area contributed by atoms with Crippen molar-refractivity contribution in [2.45, 2.75) is 24.8 Å². The molecular formula is C12H16BrNO2. The van der Waals surface area contributed by atoms with E-state index in [-0.39, 0.29) is 5.54 Å². The number of hydrogen-bond donors (Lipinski definition) is 1. The number of nitrogens with two attached hydrogens (primary N) is 1. The zero-order chi connectivity index (χ0) is 11.8. The third-order valence-electron chi connectivity index (χ3n) is 3.00. The van der Waals surface area contributed by atoms with E-state index in [0.717, 1.165) is 35.2 Å². The van der Waals surface area contributed by atoms with E-state index in [2.05, 4.69) is 15.9 Å². The fraction of sp³-hybridized carbons (Fsp3) is 0.500. The Morgan fingerprint density at radius 3 is 2.50 bits per heavy atom. The molecule has 16 heavy (non-hydrogen) atoms. The SMILES string of the molecule is COc1ccc(CC2(N)CC2)c(Br)c1OC. The largest absolute Gasteiger partial charge is 0.493 e. The van der Waals surface area contributed by atoms with Gasteiger partial charge in [-0.15, -0.1) is 0 Å². The molecule has 0 bridgehead atoms. The lowest BCUT2D eigenvalue weighted by molar-refractivity contribution is 0.352. The molecule has 0 aliphatic heterocycles. The van der Waals surface area contributed by atoms with Crippen molar-refractivity contribution in [1.82, 2.24) is 0 Å². The van der Waals surface area contributed by atoms with Crippen molar-refractivity contribution < 1.29 is 9.47 Å². The Labute approximate surface area is 104 Å². The van der Waals surface area contributed by atoms with Crippen molar-refractivity contribution in [3.05, 3.63) is 22.2 Å². The fourth-order valence-electron chi connectivity index (χ4n) is 1.78. The van der Waals surface area contributed by atoms with Crippen LogP contribution in [-0.2, 0) is 6.42 Å². The van der Waals surface area contributed by atoms with Crippen LogP contribution in [0.3, 0.4) is 0 Å². The summed E-state index contributed by atoms with van der Waals surface area (Å²) in [5, 5.41) is 0. The maximum Gasteiger partial charge on any atom is 0.175 e. The van der Waals surface area contributed by atoms with Crippen LogP contribution in [0.25, 0.3) is 0 Å². The van der Waals surface area contributed by atoms with Gasteiger partial charge in [-0.25, -0.2) is 0 Å². The van der Waals surface area contributed by atoms with Gasteiger partial charge in [-0.2, -0.15) is 0 Å². The van der Waals surface area contributed by atoms with E-state index in [1.54, 1.807) is 14.2 Å². The third-order valence-corrected chi connectivity index (χ3v) is 3.87. The fourth-order valence-corrected chi connectivity index (χ4v) is 2.41. The summed E-state index contributed by atoms with van der Waals surface area (Å²) in [7, 11) is 3.27. The molecule has 1 aromatic carbocycles. The second-order valence-electron chi connectivity index (χ2n) is 4.31. The zero-order valence-corrected chi connectivity index (χ0v) is 11.1. The molecule has 3 nitrogen and oxygen atoms in total. The summed E-state index contributed by atoms with van der Waals surface area (Å²) >= 11 is 3.55. The van der Waals surface area contributed by atoms with Crippen molar-refractivity contribution in [3.8, 4) is 11.5 Å². The molecule has 4 heteroatoms. The number of ether oxygens (including phenoxy) is 2. The van der Waals surface area contributed by atoms with Gasteiger partial charge in [0.2, 0.25) is 0 Å². The molecule has 2 rings (SSSR count). The molecule has 0 amide bonds. The molecule has 88 valence electrons. The van der Waals surface area contributed by atoms with Gasteiger partial charge < -0.3 is 15.2 Å². The number of rotatable bonds is 4. The van der Waals surface area contributed by atoms with E-state index in [9.17, 15) is 0 Å². The van der Waals surface area contributed by atoms with Gasteiger partial charge in [-0.05, 0) is 46.8 Å². The highest BCUT2D eigenvalue weighted by atomic mass is 79.9. The van der Waals surface area contributed by atoms with Crippen LogP contribution in [-0.4, -0.2) is 19.8 Å². The molecule has 0 saturated heterocycles. The molecule has 0 radical (unpaired) electrons. The number of hydrogen-bond acceptors (Lipinski definition) is 3. The minimum Gasteiger partial charge on any atom is -0.493 e. The lowest BCUT2D eigenvalue weighted by atomic mass is 10.0. The van der Waals surface area contributed by atoms with Gasteiger partial charge in [0.25, 0.3) is 0 Å². The van der Waals surface area contributed by atoms with Crippen molar-refractivity contribution in [1.29, 1.82) is 0 Å². The second-order valence-corrected chi connectivity index (χ2v) is 5.11. The van der Waals surface area contributed by atoms with Gasteiger partial charge in [-0.1, -0.05) is 6.07 Å². The average Bonchev–Trinajstić information content (AvgIpc) is 2.99. The number of benzene rings is 1. The first-order chi connectivity index (χ1) is 7.59. The Balaban J connectivity index is 2.32. The van der Waals surface area contributed by atoms with Crippen molar-refractivity contribution in [3.63, 3.8) is 0 Å². The summed E-state index contributed by atoms with van der Waals surface area (Å²) < 4.78 is 11.5. The number of halogens is 1. The topological polar surface area (TPSA) is 44.5 Å². The third kappa shape index (κ3) is 2.18. The van der Waals surface area contributed by atoms with E-state index in [1.165, 1.54) is 5.56 Å². The van der Waals surface area contributed by atoms with Crippen LogP contribution in [0, 0.1) is 0 Å². The molecular weight excluding hydrogens is 270 g/mol. The zero-order valence-electron chi connectivity index (χ0n) is 9.55. The quantitative estimate of drug-likeness (QED) is 0.925. The minimum absolute atomic E-state index is 0.00210. The van der Waals surface area contributed by atoms with Gasteiger partial charge in [0.1, 0.15) is 0 Å².